The SMILES string of the molecule is CNS(=O)(=O)c1cccc(C(=O)O[C@H]2CCCC2=O)c1. The highest BCUT2D eigenvalue weighted by Crippen LogP contribution is 2.20. The van der Waals surface area contributed by atoms with Crippen LogP contribution >= 0.6 is 0 Å². The third-order valence-electron chi connectivity index (χ3n) is 3.15. The summed E-state index contributed by atoms with van der Waals surface area (Å²) in [6.07, 6.45) is 0.961. The number of benzene rings is 1. The molecule has 1 aliphatic carbocycles. The molecule has 0 bridgehead atoms. The van der Waals surface area contributed by atoms with Gasteiger partial charge in [-0.3, -0.25) is 4.79 Å². The van der Waals surface area contributed by atoms with Gasteiger partial charge in [0.25, 0.3) is 0 Å². The zero-order chi connectivity index (χ0) is 14.8. The van der Waals surface area contributed by atoms with E-state index >= 15 is 0 Å². The van der Waals surface area contributed by atoms with Crippen LogP contribution < -0.4 is 4.72 Å². The number of esters is 1. The average Bonchev–Trinajstić information content (AvgIpc) is 2.84. The molecular formula is C13H15NO5S. The second-order valence-electron chi connectivity index (χ2n) is 4.49. The lowest BCUT2D eigenvalue weighted by Gasteiger charge is -2.11. The van der Waals surface area contributed by atoms with Crippen molar-refractivity contribution in [2.24, 2.45) is 0 Å². The highest BCUT2D eigenvalue weighted by Gasteiger charge is 2.28. The minimum Gasteiger partial charge on any atom is -0.451 e. The highest BCUT2D eigenvalue weighted by molar-refractivity contribution is 7.89. The Labute approximate surface area is 117 Å². The van der Waals surface area contributed by atoms with E-state index in [0.29, 0.717) is 19.3 Å². The number of Topliss-reactive ketones (excluding diaryl/α,β-unsaturated/α-hetero) is 1. The van der Waals surface area contributed by atoms with Gasteiger partial charge in [-0.2, -0.15) is 0 Å². The van der Waals surface area contributed by atoms with Crippen LogP contribution in [0.25, 0.3) is 0 Å². The van der Waals surface area contributed by atoms with Crippen molar-refractivity contribution in [2.75, 3.05) is 7.05 Å². The van der Waals surface area contributed by atoms with Gasteiger partial charge in [0.15, 0.2) is 11.9 Å². The predicted molar refractivity (Wildman–Crippen MR) is 70.7 cm³/mol. The third kappa shape index (κ3) is 3.05. The number of carbonyl (C=O) groups is 2. The number of nitrogens with one attached hydrogen (secondary N) is 1. The van der Waals surface area contributed by atoms with E-state index in [0.717, 1.165) is 0 Å². The lowest BCUT2D eigenvalue weighted by atomic mass is 10.2. The Morgan fingerprint density at radius 1 is 1.40 bits per heavy atom. The summed E-state index contributed by atoms with van der Waals surface area (Å²) in [5.41, 5.74) is 0.112. The van der Waals surface area contributed by atoms with Crippen LogP contribution in [0, 0.1) is 0 Å². The van der Waals surface area contributed by atoms with Gasteiger partial charge in [-0.1, -0.05) is 6.07 Å². The number of ether oxygens (including phenoxy) is 1. The van der Waals surface area contributed by atoms with Crippen molar-refractivity contribution in [3.8, 4) is 0 Å². The lowest BCUT2D eigenvalue weighted by molar-refractivity contribution is -0.124. The zero-order valence-corrected chi connectivity index (χ0v) is 11.8. The van der Waals surface area contributed by atoms with E-state index < -0.39 is 22.1 Å². The molecule has 7 heteroatoms. The summed E-state index contributed by atoms with van der Waals surface area (Å²) < 4.78 is 30.6. The normalized spacial score (nSPS) is 19.1. The molecule has 0 aliphatic heterocycles. The maximum Gasteiger partial charge on any atom is 0.338 e. The molecule has 1 aromatic carbocycles. The van der Waals surface area contributed by atoms with Gasteiger partial charge >= 0.3 is 5.97 Å². The fourth-order valence-electron chi connectivity index (χ4n) is 2.01. The summed E-state index contributed by atoms with van der Waals surface area (Å²) >= 11 is 0. The number of hydrogen-bond donors (Lipinski definition) is 1. The van der Waals surface area contributed by atoms with Crippen LogP contribution in [0.15, 0.2) is 29.2 Å². The van der Waals surface area contributed by atoms with Crippen LogP contribution in [0.4, 0.5) is 0 Å². The quantitative estimate of drug-likeness (QED) is 0.833. The Morgan fingerprint density at radius 2 is 2.15 bits per heavy atom. The van der Waals surface area contributed by atoms with Crippen molar-refractivity contribution in [1.29, 1.82) is 0 Å². The van der Waals surface area contributed by atoms with Gasteiger partial charge in [-0.25, -0.2) is 17.9 Å². The van der Waals surface area contributed by atoms with E-state index in [1.807, 2.05) is 0 Å². The summed E-state index contributed by atoms with van der Waals surface area (Å²) in [6.45, 7) is 0. The van der Waals surface area contributed by atoms with E-state index in [2.05, 4.69) is 4.72 Å². The monoisotopic (exact) mass is 297 g/mol. The van der Waals surface area contributed by atoms with Crippen LogP contribution in [0.2, 0.25) is 0 Å². The molecule has 0 saturated heterocycles. The largest absolute Gasteiger partial charge is 0.451 e. The molecule has 0 heterocycles. The number of carbonyl (C=O) groups excluding carboxylic acids is 2. The number of rotatable bonds is 4. The molecule has 1 fully saturated rings. The molecule has 1 atom stereocenters. The standard InChI is InChI=1S/C13H15NO5S/c1-14-20(17,18)10-5-2-4-9(8-10)13(16)19-12-7-3-6-11(12)15/h2,4-5,8,12,14H,3,6-7H2,1H3/t12-/m0/s1. The Balaban J connectivity index is 2.19. The number of ketones is 1. The maximum absolute atomic E-state index is 11.9. The van der Waals surface area contributed by atoms with Crippen LogP contribution in [-0.4, -0.2) is 33.3 Å². The zero-order valence-electron chi connectivity index (χ0n) is 11.0. The van der Waals surface area contributed by atoms with Gasteiger partial charge in [-0.05, 0) is 38.1 Å². The minimum absolute atomic E-state index is 0.0211. The summed E-state index contributed by atoms with van der Waals surface area (Å²) in [5.74, 6) is -0.768. The number of sulfonamides is 1. The summed E-state index contributed by atoms with van der Waals surface area (Å²) in [4.78, 5) is 23.3. The molecule has 1 saturated carbocycles. The van der Waals surface area contributed by atoms with Crippen molar-refractivity contribution in [1.82, 2.24) is 4.72 Å². The molecule has 20 heavy (non-hydrogen) atoms. The summed E-state index contributed by atoms with van der Waals surface area (Å²) in [6, 6.07) is 5.52. The fraction of sp³-hybridized carbons (Fsp3) is 0.385. The molecule has 1 N–H and O–H groups in total. The predicted octanol–water partition coefficient (Wildman–Crippen LogP) is 0.873. The maximum atomic E-state index is 11.9. The van der Waals surface area contributed by atoms with Gasteiger partial charge in [0.2, 0.25) is 10.0 Å². The van der Waals surface area contributed by atoms with E-state index in [9.17, 15) is 18.0 Å². The van der Waals surface area contributed by atoms with Crippen molar-refractivity contribution >= 4 is 21.8 Å². The van der Waals surface area contributed by atoms with Gasteiger partial charge in [0, 0.05) is 6.42 Å². The molecule has 2 rings (SSSR count). The molecule has 0 aromatic heterocycles. The van der Waals surface area contributed by atoms with Gasteiger partial charge in [-0.15, -0.1) is 0 Å². The third-order valence-corrected chi connectivity index (χ3v) is 4.56. The van der Waals surface area contributed by atoms with Crippen molar-refractivity contribution < 1.29 is 22.7 Å². The molecule has 6 nitrogen and oxygen atoms in total. The van der Waals surface area contributed by atoms with Crippen LogP contribution in [0.5, 0.6) is 0 Å². The van der Waals surface area contributed by atoms with Gasteiger partial charge in [0.05, 0.1) is 10.5 Å². The Kier molecular flexibility index (Phi) is 4.20. The van der Waals surface area contributed by atoms with Gasteiger partial charge < -0.3 is 4.74 Å². The molecule has 1 aliphatic rings. The van der Waals surface area contributed by atoms with Crippen LogP contribution in [0.1, 0.15) is 29.6 Å². The average molecular weight is 297 g/mol. The van der Waals surface area contributed by atoms with E-state index in [4.69, 9.17) is 4.74 Å². The second kappa shape index (κ2) is 5.72. The fourth-order valence-corrected chi connectivity index (χ4v) is 2.79. The van der Waals surface area contributed by atoms with Crippen LogP contribution in [-0.2, 0) is 19.6 Å². The van der Waals surface area contributed by atoms with E-state index in [1.54, 1.807) is 0 Å². The topological polar surface area (TPSA) is 89.5 Å². The first-order valence-corrected chi connectivity index (χ1v) is 7.69. The van der Waals surface area contributed by atoms with E-state index in [-0.39, 0.29) is 16.2 Å². The molecule has 0 amide bonds. The molecule has 1 aromatic rings. The first-order valence-electron chi connectivity index (χ1n) is 6.21. The van der Waals surface area contributed by atoms with Crippen molar-refractivity contribution in [3.63, 3.8) is 0 Å². The first-order chi connectivity index (χ1) is 9.44. The van der Waals surface area contributed by atoms with Crippen molar-refractivity contribution in [2.45, 2.75) is 30.3 Å². The molecule has 108 valence electrons. The highest BCUT2D eigenvalue weighted by atomic mass is 32.2. The van der Waals surface area contributed by atoms with Crippen LogP contribution in [0.3, 0.4) is 0 Å². The molecule has 0 radical (unpaired) electrons. The second-order valence-corrected chi connectivity index (χ2v) is 6.37. The first kappa shape index (κ1) is 14.7. The van der Waals surface area contributed by atoms with E-state index in [1.165, 1.54) is 31.3 Å². The summed E-state index contributed by atoms with van der Waals surface area (Å²) in [7, 11) is -2.33. The Bertz CT molecular complexity index is 638. The Hall–Kier alpha value is -1.73. The van der Waals surface area contributed by atoms with Gasteiger partial charge in [0.1, 0.15) is 0 Å². The number of hydrogen-bond acceptors (Lipinski definition) is 5. The smallest absolute Gasteiger partial charge is 0.338 e. The molecular weight excluding hydrogens is 282 g/mol. The lowest BCUT2D eigenvalue weighted by Crippen LogP contribution is -2.23. The Morgan fingerprint density at radius 3 is 2.75 bits per heavy atom. The minimum atomic E-state index is -3.62. The van der Waals surface area contributed by atoms with Crippen molar-refractivity contribution in [3.05, 3.63) is 29.8 Å². The summed E-state index contributed by atoms with van der Waals surface area (Å²) in [5, 5.41) is 0. The molecule has 0 unspecified atom stereocenters. The molecule has 0 spiro atoms.